The van der Waals surface area contributed by atoms with E-state index in [1.165, 1.54) is 36.4 Å². The predicted molar refractivity (Wildman–Crippen MR) is 106 cm³/mol. The zero-order valence-electron chi connectivity index (χ0n) is 14.9. The highest BCUT2D eigenvalue weighted by Gasteiger charge is 2.28. The Bertz CT molecular complexity index is 1010. The van der Waals surface area contributed by atoms with E-state index in [0.717, 1.165) is 22.5 Å². The number of rotatable bonds is 4. The third-order valence-electron chi connectivity index (χ3n) is 4.62. The zero-order valence-corrected chi connectivity index (χ0v) is 14.9. The van der Waals surface area contributed by atoms with Gasteiger partial charge in [0.1, 0.15) is 17.5 Å². The lowest BCUT2D eigenvalue weighted by Crippen LogP contribution is -2.18. The van der Waals surface area contributed by atoms with Crippen molar-refractivity contribution in [3.05, 3.63) is 107 Å². The summed E-state index contributed by atoms with van der Waals surface area (Å²) >= 11 is 0. The van der Waals surface area contributed by atoms with Crippen molar-refractivity contribution in [2.75, 3.05) is 5.01 Å². The molecule has 1 atom stereocenters. The topological polar surface area (TPSA) is 15.6 Å². The highest BCUT2D eigenvalue weighted by atomic mass is 19.1. The molecule has 0 spiro atoms. The van der Waals surface area contributed by atoms with E-state index in [1.54, 1.807) is 36.4 Å². The minimum atomic E-state index is -0.318. The first-order chi connectivity index (χ1) is 13.6. The van der Waals surface area contributed by atoms with Crippen molar-refractivity contribution in [1.82, 2.24) is 0 Å². The maximum atomic E-state index is 13.3. The molecule has 1 heterocycles. The summed E-state index contributed by atoms with van der Waals surface area (Å²) in [5.41, 5.74) is 3.35. The third kappa shape index (κ3) is 3.98. The van der Waals surface area contributed by atoms with Crippen molar-refractivity contribution in [3.8, 4) is 0 Å². The molecule has 1 aliphatic rings. The normalized spacial score (nSPS) is 16.6. The number of hydrazone groups is 1. The maximum Gasteiger partial charge on any atom is 0.123 e. The second-order valence-corrected chi connectivity index (χ2v) is 6.57. The number of hydrogen-bond donors (Lipinski definition) is 0. The molecule has 1 unspecified atom stereocenters. The van der Waals surface area contributed by atoms with Crippen LogP contribution in [0.25, 0.3) is 6.08 Å². The number of nitrogens with zero attached hydrogens (tertiary/aromatic N) is 2. The van der Waals surface area contributed by atoms with Crippen molar-refractivity contribution >= 4 is 17.5 Å². The van der Waals surface area contributed by atoms with Gasteiger partial charge in [0.15, 0.2) is 0 Å². The molecular weight excluding hydrogens is 361 g/mol. The Morgan fingerprint density at radius 3 is 1.86 bits per heavy atom. The van der Waals surface area contributed by atoms with Crippen LogP contribution in [-0.2, 0) is 0 Å². The van der Waals surface area contributed by atoms with Gasteiger partial charge in [-0.05, 0) is 65.7 Å². The van der Waals surface area contributed by atoms with Gasteiger partial charge >= 0.3 is 0 Å². The molecule has 28 heavy (non-hydrogen) atoms. The fourth-order valence-corrected chi connectivity index (χ4v) is 3.18. The van der Waals surface area contributed by atoms with Crippen molar-refractivity contribution in [3.63, 3.8) is 0 Å². The molecule has 0 amide bonds. The standard InChI is InChI=1S/C23H17F3N2/c24-18-6-1-16(2-7-18)3-12-21-15-23(17-4-8-19(25)9-5-17)28(27-21)22-13-10-20(26)11-14-22/h1-14,23H,15H2/b12-3+. The summed E-state index contributed by atoms with van der Waals surface area (Å²) in [5.74, 6) is -0.900. The van der Waals surface area contributed by atoms with E-state index in [4.69, 9.17) is 0 Å². The lowest BCUT2D eigenvalue weighted by Gasteiger charge is -2.24. The third-order valence-corrected chi connectivity index (χ3v) is 4.62. The summed E-state index contributed by atoms with van der Waals surface area (Å²) in [7, 11) is 0. The molecule has 3 aromatic carbocycles. The van der Waals surface area contributed by atoms with Crippen LogP contribution in [0.5, 0.6) is 0 Å². The first-order valence-electron chi connectivity index (χ1n) is 8.90. The summed E-state index contributed by atoms with van der Waals surface area (Å²) in [6, 6.07) is 18.5. The first kappa shape index (κ1) is 18.0. The molecule has 0 saturated heterocycles. The van der Waals surface area contributed by atoms with E-state index >= 15 is 0 Å². The SMILES string of the molecule is Fc1ccc(/C=C/C2=NN(c3ccc(F)cc3)C(c3ccc(F)cc3)C2)cc1. The fourth-order valence-electron chi connectivity index (χ4n) is 3.18. The average molecular weight is 378 g/mol. The Labute approximate surface area is 161 Å². The van der Waals surface area contributed by atoms with Crippen LogP contribution in [0.2, 0.25) is 0 Å². The second-order valence-electron chi connectivity index (χ2n) is 6.57. The van der Waals surface area contributed by atoms with Gasteiger partial charge in [0.2, 0.25) is 0 Å². The van der Waals surface area contributed by atoms with Gasteiger partial charge in [-0.1, -0.05) is 30.3 Å². The number of benzene rings is 3. The number of allylic oxidation sites excluding steroid dienone is 1. The quantitative estimate of drug-likeness (QED) is 0.534. The number of anilines is 1. The van der Waals surface area contributed by atoms with E-state index in [-0.39, 0.29) is 23.5 Å². The van der Waals surface area contributed by atoms with Gasteiger partial charge in [0.05, 0.1) is 17.4 Å². The maximum absolute atomic E-state index is 13.3. The van der Waals surface area contributed by atoms with Crippen molar-refractivity contribution in [1.29, 1.82) is 0 Å². The fraction of sp³-hybridized carbons (Fsp3) is 0.0870. The second kappa shape index (κ2) is 7.72. The average Bonchev–Trinajstić information content (AvgIpc) is 3.13. The van der Waals surface area contributed by atoms with E-state index in [2.05, 4.69) is 5.10 Å². The summed E-state index contributed by atoms with van der Waals surface area (Å²) in [6.45, 7) is 0. The molecule has 0 saturated carbocycles. The summed E-state index contributed by atoms with van der Waals surface area (Å²) < 4.78 is 39.7. The van der Waals surface area contributed by atoms with Crippen LogP contribution in [0.3, 0.4) is 0 Å². The molecule has 0 aliphatic carbocycles. The number of halogens is 3. The highest BCUT2D eigenvalue weighted by molar-refractivity contribution is 6.01. The lowest BCUT2D eigenvalue weighted by atomic mass is 10.0. The molecule has 3 aromatic rings. The van der Waals surface area contributed by atoms with Gasteiger partial charge in [-0.3, -0.25) is 5.01 Å². The number of hydrogen-bond acceptors (Lipinski definition) is 2. The first-order valence-corrected chi connectivity index (χ1v) is 8.90. The van der Waals surface area contributed by atoms with Gasteiger partial charge in [0, 0.05) is 6.42 Å². The van der Waals surface area contributed by atoms with Crippen LogP contribution in [0.1, 0.15) is 23.6 Å². The largest absolute Gasteiger partial charge is 0.257 e. The molecule has 140 valence electrons. The van der Waals surface area contributed by atoms with Crippen LogP contribution in [0, 0.1) is 17.5 Å². The van der Waals surface area contributed by atoms with Crippen LogP contribution in [0.4, 0.5) is 18.9 Å². The Hall–Kier alpha value is -3.34. The van der Waals surface area contributed by atoms with Crippen LogP contribution in [-0.4, -0.2) is 5.71 Å². The van der Waals surface area contributed by atoms with Gasteiger partial charge in [-0.15, -0.1) is 0 Å². The molecule has 0 aromatic heterocycles. The van der Waals surface area contributed by atoms with Crippen LogP contribution in [0.15, 0.2) is 84.0 Å². The summed E-state index contributed by atoms with van der Waals surface area (Å²) in [6.07, 6.45) is 4.36. The lowest BCUT2D eigenvalue weighted by molar-refractivity contribution is 0.622. The molecule has 0 radical (unpaired) electrons. The van der Waals surface area contributed by atoms with Crippen LogP contribution >= 0.6 is 0 Å². The van der Waals surface area contributed by atoms with Gasteiger partial charge in [-0.25, -0.2) is 13.2 Å². The Balaban J connectivity index is 1.64. The summed E-state index contributed by atoms with van der Waals surface area (Å²) in [5, 5.41) is 6.49. The Morgan fingerprint density at radius 2 is 1.25 bits per heavy atom. The van der Waals surface area contributed by atoms with Crippen LogP contribution < -0.4 is 5.01 Å². The van der Waals surface area contributed by atoms with E-state index in [9.17, 15) is 13.2 Å². The zero-order chi connectivity index (χ0) is 19.5. The van der Waals surface area contributed by atoms with Gasteiger partial charge in [-0.2, -0.15) is 5.10 Å². The molecular formula is C23H17F3N2. The highest BCUT2D eigenvalue weighted by Crippen LogP contribution is 2.35. The van der Waals surface area contributed by atoms with Crippen molar-refractivity contribution < 1.29 is 13.2 Å². The molecule has 1 aliphatic heterocycles. The van der Waals surface area contributed by atoms with Crippen molar-refractivity contribution in [2.45, 2.75) is 12.5 Å². The molecule has 0 fully saturated rings. The molecule has 5 heteroatoms. The molecule has 0 bridgehead atoms. The minimum Gasteiger partial charge on any atom is -0.257 e. The van der Waals surface area contributed by atoms with Gasteiger partial charge in [0.25, 0.3) is 0 Å². The predicted octanol–water partition coefficient (Wildman–Crippen LogP) is 6.12. The monoisotopic (exact) mass is 378 g/mol. The molecule has 0 N–H and O–H groups in total. The van der Waals surface area contributed by atoms with E-state index < -0.39 is 0 Å². The minimum absolute atomic E-state index is 0.126. The summed E-state index contributed by atoms with van der Waals surface area (Å²) in [4.78, 5) is 0. The molecule has 2 nitrogen and oxygen atoms in total. The smallest absolute Gasteiger partial charge is 0.123 e. The van der Waals surface area contributed by atoms with E-state index in [1.807, 2.05) is 17.2 Å². The Kier molecular flexibility index (Phi) is 4.98. The van der Waals surface area contributed by atoms with E-state index in [0.29, 0.717) is 6.42 Å². The van der Waals surface area contributed by atoms with Gasteiger partial charge < -0.3 is 0 Å². The van der Waals surface area contributed by atoms with Crippen molar-refractivity contribution in [2.24, 2.45) is 5.10 Å². The Morgan fingerprint density at radius 1 is 0.714 bits per heavy atom. The molecule has 4 rings (SSSR count).